The molecule has 1 aliphatic carbocycles. The highest BCUT2D eigenvalue weighted by molar-refractivity contribution is 5.77. The van der Waals surface area contributed by atoms with Gasteiger partial charge in [-0.25, -0.2) is 4.98 Å². The number of rotatable bonds is 6. The lowest BCUT2D eigenvalue weighted by molar-refractivity contribution is -0.121. The SMILES string of the molecule is CC(NC(=O)CCCC1CCCCC1)c1nc2ccccc2[nH]1. The van der Waals surface area contributed by atoms with Gasteiger partial charge < -0.3 is 10.3 Å². The molecule has 0 saturated heterocycles. The molecule has 1 aromatic heterocycles. The van der Waals surface area contributed by atoms with E-state index in [2.05, 4.69) is 15.3 Å². The highest BCUT2D eigenvalue weighted by atomic mass is 16.1. The van der Waals surface area contributed by atoms with E-state index in [1.165, 1.54) is 38.5 Å². The average Bonchev–Trinajstić information content (AvgIpc) is 3.00. The highest BCUT2D eigenvalue weighted by Crippen LogP contribution is 2.27. The van der Waals surface area contributed by atoms with Gasteiger partial charge in [-0.2, -0.15) is 0 Å². The van der Waals surface area contributed by atoms with Crippen LogP contribution in [0.2, 0.25) is 0 Å². The van der Waals surface area contributed by atoms with Gasteiger partial charge in [0.2, 0.25) is 5.91 Å². The van der Waals surface area contributed by atoms with Gasteiger partial charge in [0.05, 0.1) is 17.1 Å². The molecule has 1 fully saturated rings. The minimum Gasteiger partial charge on any atom is -0.346 e. The first kappa shape index (κ1) is 16.0. The van der Waals surface area contributed by atoms with E-state index < -0.39 is 0 Å². The van der Waals surface area contributed by atoms with Gasteiger partial charge in [0.25, 0.3) is 0 Å². The molecule has 124 valence electrons. The standard InChI is InChI=1S/C19H27N3O/c1-14(19-21-16-11-5-6-12-17(16)22-19)20-18(23)13-7-10-15-8-3-2-4-9-15/h5-6,11-12,14-15H,2-4,7-10,13H2,1H3,(H,20,23)(H,21,22). The van der Waals surface area contributed by atoms with Crippen LogP contribution in [0.25, 0.3) is 11.0 Å². The molecule has 1 saturated carbocycles. The fraction of sp³-hybridized carbons (Fsp3) is 0.579. The number of para-hydroxylation sites is 2. The van der Waals surface area contributed by atoms with Crippen molar-refractivity contribution in [1.82, 2.24) is 15.3 Å². The number of carbonyl (C=O) groups is 1. The number of imidazole rings is 1. The normalized spacial score (nSPS) is 17.3. The van der Waals surface area contributed by atoms with Crippen molar-refractivity contribution in [3.05, 3.63) is 30.1 Å². The molecule has 2 aromatic rings. The van der Waals surface area contributed by atoms with E-state index in [9.17, 15) is 4.79 Å². The summed E-state index contributed by atoms with van der Waals surface area (Å²) in [5.41, 5.74) is 1.96. The summed E-state index contributed by atoms with van der Waals surface area (Å²) in [6.07, 6.45) is 9.69. The molecule has 23 heavy (non-hydrogen) atoms. The molecule has 1 aromatic carbocycles. The Morgan fingerprint density at radius 2 is 2.09 bits per heavy atom. The van der Waals surface area contributed by atoms with Crippen molar-refractivity contribution in [1.29, 1.82) is 0 Å². The van der Waals surface area contributed by atoms with E-state index >= 15 is 0 Å². The van der Waals surface area contributed by atoms with Crippen LogP contribution in [0.15, 0.2) is 24.3 Å². The molecular formula is C19H27N3O. The van der Waals surface area contributed by atoms with E-state index in [-0.39, 0.29) is 11.9 Å². The van der Waals surface area contributed by atoms with Gasteiger partial charge in [0, 0.05) is 6.42 Å². The number of carbonyl (C=O) groups excluding carboxylic acids is 1. The average molecular weight is 313 g/mol. The summed E-state index contributed by atoms with van der Waals surface area (Å²) < 4.78 is 0. The van der Waals surface area contributed by atoms with Crippen molar-refractivity contribution < 1.29 is 4.79 Å². The van der Waals surface area contributed by atoms with Crippen molar-refractivity contribution in [2.45, 2.75) is 64.3 Å². The zero-order valence-corrected chi connectivity index (χ0v) is 14.0. The number of fused-ring (bicyclic) bond motifs is 1. The molecule has 0 radical (unpaired) electrons. The first-order valence-electron chi connectivity index (χ1n) is 8.96. The van der Waals surface area contributed by atoms with Crippen LogP contribution < -0.4 is 5.32 Å². The van der Waals surface area contributed by atoms with Crippen LogP contribution in [-0.2, 0) is 4.79 Å². The third-order valence-corrected chi connectivity index (χ3v) is 4.94. The summed E-state index contributed by atoms with van der Waals surface area (Å²) in [4.78, 5) is 20.0. The van der Waals surface area contributed by atoms with Crippen molar-refractivity contribution in [2.24, 2.45) is 5.92 Å². The molecular weight excluding hydrogens is 286 g/mol. The molecule has 1 aliphatic rings. The summed E-state index contributed by atoms with van der Waals surface area (Å²) in [5, 5.41) is 3.06. The van der Waals surface area contributed by atoms with Crippen LogP contribution in [0.3, 0.4) is 0 Å². The zero-order valence-electron chi connectivity index (χ0n) is 14.0. The fourth-order valence-electron chi connectivity index (χ4n) is 3.59. The quantitative estimate of drug-likeness (QED) is 0.825. The Hall–Kier alpha value is -1.84. The molecule has 4 heteroatoms. The monoisotopic (exact) mass is 313 g/mol. The van der Waals surface area contributed by atoms with E-state index in [1.54, 1.807) is 0 Å². The number of nitrogens with one attached hydrogen (secondary N) is 2. The lowest BCUT2D eigenvalue weighted by Gasteiger charge is -2.21. The van der Waals surface area contributed by atoms with Gasteiger partial charge in [-0.05, 0) is 37.8 Å². The number of aromatic amines is 1. The highest BCUT2D eigenvalue weighted by Gasteiger charge is 2.16. The van der Waals surface area contributed by atoms with E-state index in [4.69, 9.17) is 0 Å². The van der Waals surface area contributed by atoms with Gasteiger partial charge in [0.15, 0.2) is 0 Å². The van der Waals surface area contributed by atoms with E-state index in [1.807, 2.05) is 31.2 Å². The number of aromatic nitrogens is 2. The van der Waals surface area contributed by atoms with Crippen LogP contribution in [0.5, 0.6) is 0 Å². The Balaban J connectivity index is 1.45. The fourth-order valence-corrected chi connectivity index (χ4v) is 3.59. The molecule has 3 rings (SSSR count). The minimum atomic E-state index is -0.0791. The molecule has 0 aliphatic heterocycles. The van der Waals surface area contributed by atoms with Gasteiger partial charge in [-0.3, -0.25) is 4.79 Å². The molecule has 1 atom stereocenters. The Morgan fingerprint density at radius 1 is 1.30 bits per heavy atom. The predicted molar refractivity (Wildman–Crippen MR) is 93.1 cm³/mol. The van der Waals surface area contributed by atoms with Crippen molar-refractivity contribution in [2.75, 3.05) is 0 Å². The molecule has 1 heterocycles. The van der Waals surface area contributed by atoms with Gasteiger partial charge in [0.1, 0.15) is 5.82 Å². The number of benzene rings is 1. The number of H-pyrrole nitrogens is 1. The second kappa shape index (κ2) is 7.62. The molecule has 2 N–H and O–H groups in total. The van der Waals surface area contributed by atoms with Crippen molar-refractivity contribution in [3.63, 3.8) is 0 Å². The zero-order chi connectivity index (χ0) is 16.1. The summed E-state index contributed by atoms with van der Waals surface area (Å²) in [5.74, 6) is 1.81. The molecule has 1 amide bonds. The first-order valence-corrected chi connectivity index (χ1v) is 8.96. The van der Waals surface area contributed by atoms with Crippen LogP contribution >= 0.6 is 0 Å². The Morgan fingerprint density at radius 3 is 2.87 bits per heavy atom. The number of amides is 1. The van der Waals surface area contributed by atoms with Crippen LogP contribution in [0.4, 0.5) is 0 Å². The molecule has 0 bridgehead atoms. The Kier molecular flexibility index (Phi) is 5.31. The van der Waals surface area contributed by atoms with E-state index in [0.29, 0.717) is 6.42 Å². The smallest absolute Gasteiger partial charge is 0.220 e. The molecule has 4 nitrogen and oxygen atoms in total. The Bertz CT molecular complexity index is 610. The molecule has 0 spiro atoms. The van der Waals surface area contributed by atoms with Crippen LogP contribution in [-0.4, -0.2) is 15.9 Å². The topological polar surface area (TPSA) is 57.8 Å². The van der Waals surface area contributed by atoms with Crippen LogP contribution in [0, 0.1) is 5.92 Å². The lowest BCUT2D eigenvalue weighted by atomic mass is 9.86. The third-order valence-electron chi connectivity index (χ3n) is 4.94. The second-order valence-electron chi connectivity index (χ2n) is 6.82. The summed E-state index contributed by atoms with van der Waals surface area (Å²) >= 11 is 0. The van der Waals surface area contributed by atoms with Gasteiger partial charge in [-0.15, -0.1) is 0 Å². The minimum absolute atomic E-state index is 0.0791. The summed E-state index contributed by atoms with van der Waals surface area (Å²) in [6.45, 7) is 1.98. The molecule has 1 unspecified atom stereocenters. The van der Waals surface area contributed by atoms with Gasteiger partial charge >= 0.3 is 0 Å². The maximum Gasteiger partial charge on any atom is 0.220 e. The van der Waals surface area contributed by atoms with Gasteiger partial charge in [-0.1, -0.05) is 44.2 Å². The third kappa shape index (κ3) is 4.34. The summed E-state index contributed by atoms with van der Waals surface area (Å²) in [6, 6.07) is 7.86. The largest absolute Gasteiger partial charge is 0.346 e. The van der Waals surface area contributed by atoms with Crippen molar-refractivity contribution in [3.8, 4) is 0 Å². The van der Waals surface area contributed by atoms with E-state index in [0.717, 1.165) is 29.2 Å². The second-order valence-corrected chi connectivity index (χ2v) is 6.82. The van der Waals surface area contributed by atoms with Crippen LogP contribution in [0.1, 0.15) is 70.2 Å². The Labute approximate surface area is 138 Å². The lowest BCUT2D eigenvalue weighted by Crippen LogP contribution is -2.27. The number of hydrogen-bond donors (Lipinski definition) is 2. The maximum absolute atomic E-state index is 12.1. The van der Waals surface area contributed by atoms with Crippen molar-refractivity contribution >= 4 is 16.9 Å². The first-order chi connectivity index (χ1) is 11.2. The number of hydrogen-bond acceptors (Lipinski definition) is 2. The number of nitrogens with zero attached hydrogens (tertiary/aromatic N) is 1. The predicted octanol–water partition coefficient (Wildman–Crippen LogP) is 4.49. The summed E-state index contributed by atoms with van der Waals surface area (Å²) in [7, 11) is 0. The maximum atomic E-state index is 12.1.